The molecular weight excluding hydrogens is 582 g/mol. The van der Waals surface area contributed by atoms with Crippen molar-refractivity contribution in [2.24, 2.45) is 5.73 Å². The number of carboxylic acid groups (broad SMARTS) is 1. The van der Waals surface area contributed by atoms with Gasteiger partial charge in [0.2, 0.25) is 0 Å². The van der Waals surface area contributed by atoms with Crippen LogP contribution in [0, 0.1) is 0 Å². The van der Waals surface area contributed by atoms with Gasteiger partial charge in [-0.1, -0.05) is 29.8 Å². The smallest absolute Gasteiger partial charge is 0.322 e. The van der Waals surface area contributed by atoms with E-state index in [9.17, 15) is 24.3 Å². The molecule has 2 aromatic carbocycles. The van der Waals surface area contributed by atoms with Gasteiger partial charge >= 0.3 is 5.97 Å². The highest BCUT2D eigenvalue weighted by molar-refractivity contribution is 7.12. The SMILES string of the molecule is N[C@@H](CN(C(=O)c1cccs1)C(=O)c1ccc(C(=O)NCc2cccc3c2cnn3C2CCCCO2)cc1Cl)C(=O)O. The summed E-state index contributed by atoms with van der Waals surface area (Å²) in [5.74, 6) is -3.31. The van der Waals surface area contributed by atoms with Crippen LogP contribution < -0.4 is 11.1 Å². The highest BCUT2D eigenvalue weighted by Gasteiger charge is 2.30. The van der Waals surface area contributed by atoms with Crippen LogP contribution in [0.25, 0.3) is 10.9 Å². The molecule has 1 saturated heterocycles. The molecule has 13 heteroatoms. The fourth-order valence-electron chi connectivity index (χ4n) is 4.75. The number of imide groups is 1. The van der Waals surface area contributed by atoms with Gasteiger partial charge in [0, 0.05) is 24.1 Å². The number of carboxylic acids is 1. The summed E-state index contributed by atoms with van der Waals surface area (Å²) in [6, 6.07) is 11.5. The Balaban J connectivity index is 1.31. The molecule has 0 aliphatic carbocycles. The van der Waals surface area contributed by atoms with Crippen LogP contribution in [0.4, 0.5) is 0 Å². The van der Waals surface area contributed by atoms with E-state index in [1.54, 1.807) is 17.6 Å². The zero-order chi connectivity index (χ0) is 29.8. The van der Waals surface area contributed by atoms with Crippen molar-refractivity contribution in [3.05, 3.63) is 86.7 Å². The average molecular weight is 610 g/mol. The predicted molar refractivity (Wildman–Crippen MR) is 156 cm³/mol. The van der Waals surface area contributed by atoms with E-state index in [4.69, 9.17) is 22.1 Å². The summed E-state index contributed by atoms with van der Waals surface area (Å²) in [7, 11) is 0. The number of nitrogens with one attached hydrogen (secondary N) is 1. The second kappa shape index (κ2) is 12.8. The third-order valence-electron chi connectivity index (χ3n) is 6.98. The van der Waals surface area contributed by atoms with E-state index in [1.807, 2.05) is 22.9 Å². The Labute approximate surface area is 249 Å². The number of halogens is 1. The molecule has 2 atom stereocenters. The number of hydrogen-bond acceptors (Lipinski definition) is 8. The molecule has 3 amide bonds. The van der Waals surface area contributed by atoms with Gasteiger partial charge in [0.15, 0.2) is 6.23 Å². The Bertz CT molecular complexity index is 1630. The molecule has 5 rings (SSSR count). The van der Waals surface area contributed by atoms with Crippen LogP contribution in [0.2, 0.25) is 5.02 Å². The first-order valence-electron chi connectivity index (χ1n) is 13.3. The predicted octanol–water partition coefficient (Wildman–Crippen LogP) is 4.07. The first kappa shape index (κ1) is 29.4. The molecule has 1 fully saturated rings. The minimum atomic E-state index is -1.49. The highest BCUT2D eigenvalue weighted by Crippen LogP contribution is 2.28. The number of rotatable bonds is 9. The normalized spacial score (nSPS) is 15.7. The lowest BCUT2D eigenvalue weighted by Gasteiger charge is -2.23. The quantitative estimate of drug-likeness (QED) is 0.240. The van der Waals surface area contributed by atoms with Crippen LogP contribution in [0.3, 0.4) is 0 Å². The third kappa shape index (κ3) is 6.21. The monoisotopic (exact) mass is 609 g/mol. The van der Waals surface area contributed by atoms with Crippen molar-refractivity contribution in [2.75, 3.05) is 13.2 Å². The lowest BCUT2D eigenvalue weighted by Crippen LogP contribution is -2.47. The number of aromatic nitrogens is 2. The first-order valence-corrected chi connectivity index (χ1v) is 14.5. The molecule has 1 aliphatic rings. The number of aliphatic carboxylic acids is 1. The van der Waals surface area contributed by atoms with Gasteiger partial charge in [-0.15, -0.1) is 11.3 Å². The van der Waals surface area contributed by atoms with Crippen molar-refractivity contribution in [1.82, 2.24) is 20.0 Å². The van der Waals surface area contributed by atoms with Gasteiger partial charge in [-0.25, -0.2) is 4.68 Å². The maximum absolute atomic E-state index is 13.4. The van der Waals surface area contributed by atoms with E-state index in [0.717, 1.165) is 52.0 Å². The lowest BCUT2D eigenvalue weighted by atomic mass is 10.1. The number of hydrogen-bond donors (Lipinski definition) is 3. The van der Waals surface area contributed by atoms with Crippen molar-refractivity contribution in [2.45, 2.75) is 38.1 Å². The van der Waals surface area contributed by atoms with Crippen LogP contribution in [0.1, 0.15) is 61.4 Å². The number of benzene rings is 2. The number of ether oxygens (including phenoxy) is 1. The molecule has 0 saturated carbocycles. The maximum Gasteiger partial charge on any atom is 0.322 e. The molecule has 1 aliphatic heterocycles. The molecule has 1 unspecified atom stereocenters. The second-order valence-electron chi connectivity index (χ2n) is 9.78. The molecule has 11 nitrogen and oxygen atoms in total. The van der Waals surface area contributed by atoms with Crippen LogP contribution in [-0.2, 0) is 16.1 Å². The van der Waals surface area contributed by atoms with Gasteiger partial charge < -0.3 is 20.9 Å². The van der Waals surface area contributed by atoms with Crippen molar-refractivity contribution in [3.63, 3.8) is 0 Å². The fraction of sp³-hybridized carbons (Fsp3) is 0.276. The van der Waals surface area contributed by atoms with E-state index in [-0.39, 0.29) is 33.8 Å². The fourth-order valence-corrected chi connectivity index (χ4v) is 5.68. The summed E-state index contributed by atoms with van der Waals surface area (Å²) >= 11 is 7.51. The Hall–Kier alpha value is -4.10. The summed E-state index contributed by atoms with van der Waals surface area (Å²) in [6.45, 7) is 0.369. The van der Waals surface area contributed by atoms with Gasteiger partial charge in [-0.2, -0.15) is 5.10 Å². The molecule has 0 spiro atoms. The lowest BCUT2D eigenvalue weighted by molar-refractivity contribution is -0.138. The number of amides is 3. The van der Waals surface area contributed by atoms with E-state index < -0.39 is 36.3 Å². The van der Waals surface area contributed by atoms with Crippen molar-refractivity contribution in [3.8, 4) is 0 Å². The largest absolute Gasteiger partial charge is 0.480 e. The van der Waals surface area contributed by atoms with E-state index in [1.165, 1.54) is 24.3 Å². The van der Waals surface area contributed by atoms with Crippen molar-refractivity contribution < 1.29 is 29.0 Å². The number of thiophene rings is 1. The van der Waals surface area contributed by atoms with Gasteiger partial charge in [0.25, 0.3) is 17.7 Å². The zero-order valence-electron chi connectivity index (χ0n) is 22.4. The number of fused-ring (bicyclic) bond motifs is 1. The molecule has 4 N–H and O–H groups in total. The summed E-state index contributed by atoms with van der Waals surface area (Å²) < 4.78 is 7.76. The van der Waals surface area contributed by atoms with Gasteiger partial charge in [-0.05, 0) is 60.5 Å². The van der Waals surface area contributed by atoms with Crippen LogP contribution >= 0.6 is 22.9 Å². The summed E-state index contributed by atoms with van der Waals surface area (Å²) in [4.78, 5) is 51.7. The average Bonchev–Trinajstić information content (AvgIpc) is 3.69. The number of nitrogens with two attached hydrogens (primary N) is 1. The molecule has 2 aromatic heterocycles. The van der Waals surface area contributed by atoms with Gasteiger partial charge in [0.1, 0.15) is 6.04 Å². The standard InChI is InChI=1S/C29H28ClN5O6S/c30-21-13-17(9-10-19(21)27(37)34(16-22(31)29(39)40)28(38)24-7-4-12-42-24)26(36)32-14-18-5-3-6-23-20(18)15-33-35(23)25-8-1-2-11-41-25/h3-7,9-10,12-13,15,22,25H,1-2,8,11,14,16,31H2,(H,32,36)(H,39,40)/t22-,25?/m0/s1. The molecule has 218 valence electrons. The number of nitrogens with zero attached hydrogens (tertiary/aromatic N) is 3. The van der Waals surface area contributed by atoms with E-state index in [2.05, 4.69) is 10.4 Å². The number of carbonyl (C=O) groups excluding carboxylic acids is 3. The van der Waals surface area contributed by atoms with E-state index >= 15 is 0 Å². The zero-order valence-corrected chi connectivity index (χ0v) is 23.9. The van der Waals surface area contributed by atoms with Crippen LogP contribution in [0.15, 0.2) is 60.1 Å². The topological polar surface area (TPSA) is 157 Å². The summed E-state index contributed by atoms with van der Waals surface area (Å²) in [5, 5.41) is 19.1. The number of carbonyl (C=O) groups is 4. The highest BCUT2D eigenvalue weighted by atomic mass is 35.5. The van der Waals surface area contributed by atoms with E-state index in [0.29, 0.717) is 6.61 Å². The first-order chi connectivity index (χ1) is 20.2. The minimum Gasteiger partial charge on any atom is -0.480 e. The summed E-state index contributed by atoms with van der Waals surface area (Å²) in [6.07, 6.45) is 4.67. The maximum atomic E-state index is 13.4. The molecular formula is C29H28ClN5O6S. The molecule has 0 bridgehead atoms. The molecule has 42 heavy (non-hydrogen) atoms. The van der Waals surface area contributed by atoms with Gasteiger partial charge in [-0.3, -0.25) is 24.1 Å². The Kier molecular flexibility index (Phi) is 8.97. The second-order valence-corrected chi connectivity index (χ2v) is 11.1. The molecule has 0 radical (unpaired) electrons. The molecule has 3 heterocycles. The van der Waals surface area contributed by atoms with Crippen LogP contribution in [0.5, 0.6) is 0 Å². The van der Waals surface area contributed by atoms with Gasteiger partial charge in [0.05, 0.1) is 33.7 Å². The van der Waals surface area contributed by atoms with Crippen molar-refractivity contribution >= 4 is 57.5 Å². The Morgan fingerprint density at radius 1 is 1.17 bits per heavy atom. The third-order valence-corrected chi connectivity index (χ3v) is 8.15. The summed E-state index contributed by atoms with van der Waals surface area (Å²) in [5.41, 5.74) is 7.57. The van der Waals surface area contributed by atoms with Crippen LogP contribution in [-0.4, -0.2) is 62.7 Å². The molecule has 4 aromatic rings. The minimum absolute atomic E-state index is 0.0715. The van der Waals surface area contributed by atoms with Crippen molar-refractivity contribution in [1.29, 1.82) is 0 Å². The Morgan fingerprint density at radius 3 is 2.69 bits per heavy atom. The Morgan fingerprint density at radius 2 is 2.00 bits per heavy atom.